The van der Waals surface area contributed by atoms with Crippen molar-refractivity contribution in [1.82, 2.24) is 9.62 Å². The first-order valence-corrected chi connectivity index (χ1v) is 11.2. The summed E-state index contributed by atoms with van der Waals surface area (Å²) in [7, 11) is -4.20. The summed E-state index contributed by atoms with van der Waals surface area (Å²) in [6, 6.07) is 4.55. The Morgan fingerprint density at radius 2 is 2.07 bits per heavy atom. The van der Waals surface area contributed by atoms with Gasteiger partial charge in [0.1, 0.15) is 10.7 Å². The van der Waals surface area contributed by atoms with E-state index < -0.39 is 39.0 Å². The molecule has 0 aliphatic carbocycles. The lowest BCUT2D eigenvalue weighted by Gasteiger charge is -2.43. The number of amides is 1. The molecule has 0 radical (unpaired) electrons. The third kappa shape index (κ3) is 5.13. The van der Waals surface area contributed by atoms with Crippen LogP contribution in [0.2, 0.25) is 0 Å². The fourth-order valence-corrected chi connectivity index (χ4v) is 5.61. The van der Waals surface area contributed by atoms with Gasteiger partial charge in [0.05, 0.1) is 44.0 Å². The minimum atomic E-state index is -4.20. The third-order valence-corrected chi connectivity index (χ3v) is 7.07. The quantitative estimate of drug-likeness (QED) is 0.711. The number of β-amino-alcohol motifs (C(OH)–C–C–N with tert-alkyl or cyclic N) is 1. The first kappa shape index (κ1) is 22.1. The maximum Gasteiger partial charge on any atom is 0.246 e. The summed E-state index contributed by atoms with van der Waals surface area (Å²) < 4.78 is 53.3. The van der Waals surface area contributed by atoms with E-state index >= 15 is 0 Å². The molecule has 0 unspecified atom stereocenters. The van der Waals surface area contributed by atoms with Crippen molar-refractivity contribution in [3.8, 4) is 0 Å². The van der Waals surface area contributed by atoms with E-state index in [1.165, 1.54) is 18.2 Å². The van der Waals surface area contributed by atoms with Crippen molar-refractivity contribution in [1.29, 1.82) is 0 Å². The maximum atomic E-state index is 14.3. The van der Waals surface area contributed by atoms with Crippen molar-refractivity contribution >= 4 is 15.9 Å². The number of halogens is 1. The molecule has 2 aliphatic heterocycles. The van der Waals surface area contributed by atoms with Crippen LogP contribution >= 0.6 is 0 Å². The Morgan fingerprint density at radius 3 is 2.79 bits per heavy atom. The number of aliphatic hydroxyl groups excluding tert-OH is 1. The summed E-state index contributed by atoms with van der Waals surface area (Å²) in [4.78, 5) is 11.4. The highest BCUT2D eigenvalue weighted by atomic mass is 32.2. The summed E-state index contributed by atoms with van der Waals surface area (Å²) in [5.41, 5.74) is 0. The molecule has 2 N–H and O–H groups in total. The molecule has 0 aromatic heterocycles. The molecule has 162 valence electrons. The second kappa shape index (κ2) is 9.48. The van der Waals surface area contributed by atoms with Gasteiger partial charge in [-0.05, 0) is 31.9 Å². The average Bonchev–Trinajstić information content (AvgIpc) is 2.65. The molecule has 2 fully saturated rings. The highest BCUT2D eigenvalue weighted by molar-refractivity contribution is 7.89. The molecule has 8 nitrogen and oxygen atoms in total. The molecule has 0 saturated carbocycles. The van der Waals surface area contributed by atoms with E-state index in [9.17, 15) is 22.7 Å². The van der Waals surface area contributed by atoms with E-state index in [0.29, 0.717) is 19.4 Å². The van der Waals surface area contributed by atoms with Crippen LogP contribution in [0.4, 0.5) is 4.39 Å². The molecular weight excluding hydrogens is 403 g/mol. The van der Waals surface area contributed by atoms with Gasteiger partial charge in [-0.25, -0.2) is 12.8 Å². The van der Waals surface area contributed by atoms with Crippen LogP contribution in [-0.2, 0) is 24.3 Å². The van der Waals surface area contributed by atoms with Gasteiger partial charge < -0.3 is 19.9 Å². The normalized spacial score (nSPS) is 28.8. The first-order valence-electron chi connectivity index (χ1n) is 9.77. The highest BCUT2D eigenvalue weighted by Crippen LogP contribution is 2.32. The number of hydrogen-bond donors (Lipinski definition) is 2. The van der Waals surface area contributed by atoms with Crippen LogP contribution in [0.1, 0.15) is 26.2 Å². The van der Waals surface area contributed by atoms with E-state index in [1.807, 2.05) is 6.92 Å². The number of carbonyl (C=O) groups is 1. The number of fused-ring (bicyclic) bond motifs is 1. The van der Waals surface area contributed by atoms with Gasteiger partial charge in [-0.3, -0.25) is 4.79 Å². The Morgan fingerprint density at radius 1 is 1.31 bits per heavy atom. The number of sulfonamides is 1. The zero-order valence-corrected chi connectivity index (χ0v) is 17.1. The predicted molar refractivity (Wildman–Crippen MR) is 102 cm³/mol. The molecule has 2 aliphatic rings. The van der Waals surface area contributed by atoms with Crippen molar-refractivity contribution in [2.75, 3.05) is 26.3 Å². The number of hydrogen-bond acceptors (Lipinski definition) is 6. The van der Waals surface area contributed by atoms with Crippen LogP contribution in [-0.4, -0.2) is 74.4 Å². The van der Waals surface area contributed by atoms with Gasteiger partial charge in [0.15, 0.2) is 0 Å². The van der Waals surface area contributed by atoms with Gasteiger partial charge in [0.25, 0.3) is 0 Å². The Kier molecular flexibility index (Phi) is 7.23. The zero-order valence-electron chi connectivity index (χ0n) is 16.3. The maximum absolute atomic E-state index is 14.3. The topological polar surface area (TPSA) is 105 Å². The Labute approximate surface area is 170 Å². The van der Waals surface area contributed by atoms with Gasteiger partial charge in [-0.2, -0.15) is 4.31 Å². The van der Waals surface area contributed by atoms with E-state index in [4.69, 9.17) is 9.47 Å². The smallest absolute Gasteiger partial charge is 0.246 e. The standard InChI is InChI=1S/C19H27FN2O6S/c1-2-21-19(24)9-14-7-8-16-17(28-14)12-27-11-13(23)10-22(16)29(25,26)18-6-4-3-5-15(18)20/h3-6,13-14,16-17,23H,2,7-12H2,1H3,(H,21,24)/t13-,14-,16-,17+/m1/s1. The van der Waals surface area contributed by atoms with E-state index in [1.54, 1.807) is 0 Å². The first-order chi connectivity index (χ1) is 13.8. The van der Waals surface area contributed by atoms with Crippen LogP contribution < -0.4 is 5.32 Å². The number of rotatable bonds is 5. The van der Waals surface area contributed by atoms with Gasteiger partial charge in [0, 0.05) is 13.1 Å². The Hall–Kier alpha value is -1.59. The van der Waals surface area contributed by atoms with Crippen LogP contribution in [0, 0.1) is 5.82 Å². The number of carbonyl (C=O) groups excluding carboxylic acids is 1. The summed E-state index contributed by atoms with van der Waals surface area (Å²) in [5, 5.41) is 12.9. The number of benzene rings is 1. The van der Waals surface area contributed by atoms with Gasteiger partial charge in [-0.1, -0.05) is 12.1 Å². The largest absolute Gasteiger partial charge is 0.389 e. The van der Waals surface area contributed by atoms with Crippen molar-refractivity contribution in [2.24, 2.45) is 0 Å². The van der Waals surface area contributed by atoms with Gasteiger partial charge in [-0.15, -0.1) is 0 Å². The van der Waals surface area contributed by atoms with Crippen LogP contribution in [0.15, 0.2) is 29.2 Å². The lowest BCUT2D eigenvalue weighted by atomic mass is 9.96. The lowest BCUT2D eigenvalue weighted by Crippen LogP contribution is -2.57. The van der Waals surface area contributed by atoms with Crippen molar-refractivity contribution in [3.05, 3.63) is 30.1 Å². The molecule has 1 aromatic carbocycles. The van der Waals surface area contributed by atoms with Crippen LogP contribution in [0.5, 0.6) is 0 Å². The van der Waals surface area contributed by atoms with Gasteiger partial charge >= 0.3 is 0 Å². The predicted octanol–water partition coefficient (Wildman–Crippen LogP) is 0.650. The molecule has 1 aromatic rings. The van der Waals surface area contributed by atoms with E-state index in [0.717, 1.165) is 10.4 Å². The van der Waals surface area contributed by atoms with E-state index in [2.05, 4.69) is 5.32 Å². The molecule has 4 atom stereocenters. The van der Waals surface area contributed by atoms with E-state index in [-0.39, 0.29) is 38.2 Å². The highest BCUT2D eigenvalue weighted by Gasteiger charge is 2.43. The molecule has 2 saturated heterocycles. The Balaban J connectivity index is 1.85. The van der Waals surface area contributed by atoms with Crippen molar-refractivity contribution in [3.63, 3.8) is 0 Å². The average molecular weight is 430 g/mol. The number of nitrogens with zero attached hydrogens (tertiary/aromatic N) is 1. The minimum Gasteiger partial charge on any atom is -0.389 e. The fourth-order valence-electron chi connectivity index (χ4n) is 3.83. The summed E-state index contributed by atoms with van der Waals surface area (Å²) in [6.45, 7) is 2.15. The molecule has 1 amide bonds. The summed E-state index contributed by atoms with van der Waals surface area (Å²) in [6.07, 6.45) is -0.938. The second-order valence-corrected chi connectivity index (χ2v) is 9.15. The SMILES string of the molecule is CCNC(=O)C[C@H]1CC[C@@H]2[C@H](COC[C@H](O)CN2S(=O)(=O)c2ccccc2F)O1. The fraction of sp³-hybridized carbons (Fsp3) is 0.632. The van der Waals surface area contributed by atoms with Crippen LogP contribution in [0.25, 0.3) is 0 Å². The Bertz CT molecular complexity index is 821. The summed E-state index contributed by atoms with van der Waals surface area (Å²) >= 11 is 0. The lowest BCUT2D eigenvalue weighted by molar-refractivity contribution is -0.146. The zero-order chi connectivity index (χ0) is 21.0. The molecule has 10 heteroatoms. The third-order valence-electron chi connectivity index (χ3n) is 5.14. The molecule has 3 rings (SSSR count). The molecule has 0 bridgehead atoms. The number of ether oxygens (including phenoxy) is 2. The van der Waals surface area contributed by atoms with Crippen LogP contribution in [0.3, 0.4) is 0 Å². The molecule has 29 heavy (non-hydrogen) atoms. The molecular formula is C19H27FN2O6S. The number of aliphatic hydroxyl groups is 1. The minimum absolute atomic E-state index is 0.0587. The van der Waals surface area contributed by atoms with Crippen molar-refractivity contribution in [2.45, 2.75) is 55.4 Å². The van der Waals surface area contributed by atoms with Gasteiger partial charge in [0.2, 0.25) is 15.9 Å². The monoisotopic (exact) mass is 430 g/mol. The second-order valence-electron chi connectivity index (χ2n) is 7.30. The molecule has 0 spiro atoms. The summed E-state index contributed by atoms with van der Waals surface area (Å²) in [5.74, 6) is -0.975. The van der Waals surface area contributed by atoms with Crippen molar-refractivity contribution < 1.29 is 32.2 Å². The molecule has 2 heterocycles. The number of nitrogens with one attached hydrogen (secondary N) is 1.